The third kappa shape index (κ3) is 1.28. The lowest BCUT2D eigenvalue weighted by atomic mass is 9.79. The van der Waals surface area contributed by atoms with Gasteiger partial charge in [-0.05, 0) is 35.7 Å². The van der Waals surface area contributed by atoms with Gasteiger partial charge in [0.2, 0.25) is 0 Å². The van der Waals surface area contributed by atoms with Crippen LogP contribution in [0.2, 0.25) is 0 Å². The summed E-state index contributed by atoms with van der Waals surface area (Å²) in [6.45, 7) is 4.00. The zero-order valence-corrected chi connectivity index (χ0v) is 8.84. The molecule has 15 heavy (non-hydrogen) atoms. The second-order valence-electron chi connectivity index (χ2n) is 4.70. The first kappa shape index (κ1) is 8.96. The van der Waals surface area contributed by atoms with Crippen LogP contribution in [-0.2, 0) is 0 Å². The smallest absolute Gasteiger partial charge is 0.00303 e. The van der Waals surface area contributed by atoms with Gasteiger partial charge in [-0.25, -0.2) is 0 Å². The van der Waals surface area contributed by atoms with Crippen LogP contribution in [0.1, 0.15) is 17.9 Å². The highest BCUT2D eigenvalue weighted by Gasteiger charge is 2.43. The monoisotopic (exact) mass is 196 g/mol. The average molecular weight is 196 g/mol. The first-order valence-electron chi connectivity index (χ1n) is 5.76. The van der Waals surface area contributed by atoms with Crippen LogP contribution in [0.5, 0.6) is 0 Å². The van der Waals surface area contributed by atoms with Crippen molar-refractivity contribution in [3.63, 3.8) is 0 Å². The predicted octanol–water partition coefficient (Wildman–Crippen LogP) is 3.78. The van der Waals surface area contributed by atoms with Crippen molar-refractivity contribution in [2.75, 3.05) is 0 Å². The summed E-state index contributed by atoms with van der Waals surface area (Å²) in [4.78, 5) is 0. The quantitative estimate of drug-likeness (QED) is 0.631. The molecule has 0 amide bonds. The molecule has 3 rings (SSSR count). The largest absolute Gasteiger partial charge is 0.103 e. The molecule has 0 heteroatoms. The van der Waals surface area contributed by atoms with Gasteiger partial charge in [0.05, 0.1) is 0 Å². The van der Waals surface area contributed by atoms with Crippen LogP contribution in [0.15, 0.2) is 55.1 Å². The minimum absolute atomic E-state index is 0.655. The minimum atomic E-state index is 0.655. The third-order valence-corrected chi connectivity index (χ3v) is 3.98. The molecule has 4 atom stereocenters. The molecule has 1 saturated carbocycles. The summed E-state index contributed by atoms with van der Waals surface area (Å²) in [5, 5.41) is 0. The summed E-state index contributed by atoms with van der Waals surface area (Å²) in [6.07, 6.45) is 8.28. The molecule has 2 aliphatic rings. The van der Waals surface area contributed by atoms with Gasteiger partial charge in [-0.3, -0.25) is 0 Å². The molecule has 76 valence electrons. The third-order valence-electron chi connectivity index (χ3n) is 3.98. The second-order valence-corrected chi connectivity index (χ2v) is 4.70. The Morgan fingerprint density at radius 1 is 1.07 bits per heavy atom. The summed E-state index contributed by atoms with van der Waals surface area (Å²) in [7, 11) is 0. The lowest BCUT2D eigenvalue weighted by Gasteiger charge is -2.25. The van der Waals surface area contributed by atoms with E-state index in [2.05, 4.69) is 55.1 Å². The topological polar surface area (TPSA) is 0 Å². The molecule has 4 unspecified atom stereocenters. The van der Waals surface area contributed by atoms with Gasteiger partial charge < -0.3 is 0 Å². The van der Waals surface area contributed by atoms with E-state index in [1.54, 1.807) is 0 Å². The van der Waals surface area contributed by atoms with E-state index in [0.717, 1.165) is 11.8 Å². The first-order valence-corrected chi connectivity index (χ1v) is 5.76. The lowest BCUT2D eigenvalue weighted by Crippen LogP contribution is -2.15. The molecule has 1 aromatic rings. The van der Waals surface area contributed by atoms with Crippen molar-refractivity contribution in [3.05, 3.63) is 60.7 Å². The van der Waals surface area contributed by atoms with E-state index in [-0.39, 0.29) is 0 Å². The summed E-state index contributed by atoms with van der Waals surface area (Å²) in [6, 6.07) is 10.9. The van der Waals surface area contributed by atoms with Gasteiger partial charge >= 0.3 is 0 Å². The van der Waals surface area contributed by atoms with E-state index in [0.29, 0.717) is 11.8 Å². The Balaban J connectivity index is 1.99. The maximum absolute atomic E-state index is 4.00. The molecule has 2 bridgehead atoms. The molecule has 0 saturated heterocycles. The van der Waals surface area contributed by atoms with E-state index in [1.807, 2.05) is 0 Å². The highest BCUT2D eigenvalue weighted by molar-refractivity contribution is 5.31. The molecule has 2 aliphatic carbocycles. The van der Waals surface area contributed by atoms with Gasteiger partial charge in [-0.1, -0.05) is 48.6 Å². The molecule has 0 radical (unpaired) electrons. The molecule has 0 nitrogen and oxygen atoms in total. The number of hydrogen-bond donors (Lipinski definition) is 0. The van der Waals surface area contributed by atoms with Gasteiger partial charge in [0.25, 0.3) is 0 Å². The first-order chi connectivity index (χ1) is 7.40. The van der Waals surface area contributed by atoms with Gasteiger partial charge in [-0.2, -0.15) is 0 Å². The van der Waals surface area contributed by atoms with E-state index >= 15 is 0 Å². The zero-order chi connectivity index (χ0) is 10.3. The van der Waals surface area contributed by atoms with Crippen LogP contribution in [0, 0.1) is 17.8 Å². The van der Waals surface area contributed by atoms with Crippen LogP contribution < -0.4 is 0 Å². The zero-order valence-electron chi connectivity index (χ0n) is 8.84. The number of benzene rings is 1. The van der Waals surface area contributed by atoms with Gasteiger partial charge in [0.1, 0.15) is 0 Å². The highest BCUT2D eigenvalue weighted by Crippen LogP contribution is 2.53. The summed E-state index contributed by atoms with van der Waals surface area (Å²) >= 11 is 0. The van der Waals surface area contributed by atoms with Crippen LogP contribution in [0.25, 0.3) is 0 Å². The number of hydrogen-bond acceptors (Lipinski definition) is 0. The van der Waals surface area contributed by atoms with E-state index in [1.165, 1.54) is 12.0 Å². The maximum Gasteiger partial charge on any atom is -0.00303 e. The predicted molar refractivity (Wildman–Crippen MR) is 63.6 cm³/mol. The fourth-order valence-corrected chi connectivity index (χ4v) is 3.33. The minimum Gasteiger partial charge on any atom is -0.103 e. The highest BCUT2D eigenvalue weighted by atomic mass is 14.5. The van der Waals surface area contributed by atoms with Crippen molar-refractivity contribution in [2.24, 2.45) is 17.8 Å². The molecule has 0 aliphatic heterocycles. The molecule has 0 aromatic heterocycles. The van der Waals surface area contributed by atoms with E-state index in [4.69, 9.17) is 0 Å². The van der Waals surface area contributed by atoms with Crippen LogP contribution in [-0.4, -0.2) is 0 Å². The summed E-state index contributed by atoms with van der Waals surface area (Å²) in [5.74, 6) is 2.83. The maximum atomic E-state index is 4.00. The molecule has 0 heterocycles. The molecular formula is C15H16. The lowest BCUT2D eigenvalue weighted by molar-refractivity contribution is 0.479. The number of rotatable bonds is 2. The Kier molecular flexibility index (Phi) is 2.02. The van der Waals surface area contributed by atoms with E-state index < -0.39 is 0 Å². The Morgan fingerprint density at radius 2 is 1.80 bits per heavy atom. The SMILES string of the molecule is C=CC1C2C=CC(C2)C1c1ccccc1. The van der Waals surface area contributed by atoms with Gasteiger partial charge in [0.15, 0.2) is 0 Å². The summed E-state index contributed by atoms with van der Waals surface area (Å²) < 4.78 is 0. The molecule has 0 spiro atoms. The number of allylic oxidation sites excluding steroid dienone is 3. The summed E-state index contributed by atoms with van der Waals surface area (Å²) in [5.41, 5.74) is 1.49. The van der Waals surface area contributed by atoms with Crippen molar-refractivity contribution in [1.29, 1.82) is 0 Å². The van der Waals surface area contributed by atoms with Crippen LogP contribution in [0.3, 0.4) is 0 Å². The molecule has 0 N–H and O–H groups in total. The van der Waals surface area contributed by atoms with Crippen molar-refractivity contribution in [3.8, 4) is 0 Å². The Hall–Kier alpha value is -1.30. The van der Waals surface area contributed by atoms with Crippen LogP contribution in [0.4, 0.5) is 0 Å². The van der Waals surface area contributed by atoms with Gasteiger partial charge in [-0.15, -0.1) is 6.58 Å². The normalized spacial score (nSPS) is 37.1. The average Bonchev–Trinajstić information content (AvgIpc) is 2.89. The van der Waals surface area contributed by atoms with Crippen molar-refractivity contribution in [1.82, 2.24) is 0 Å². The van der Waals surface area contributed by atoms with Crippen molar-refractivity contribution in [2.45, 2.75) is 12.3 Å². The fourth-order valence-electron chi connectivity index (χ4n) is 3.33. The Morgan fingerprint density at radius 3 is 2.53 bits per heavy atom. The molecule has 1 fully saturated rings. The standard InChI is InChI=1S/C15H16/c1-2-14-12-8-9-13(10-12)15(14)11-6-4-3-5-7-11/h2-9,12-15H,1,10H2. The molecule has 1 aromatic carbocycles. The Labute approximate surface area is 91.3 Å². The van der Waals surface area contributed by atoms with Crippen LogP contribution >= 0.6 is 0 Å². The number of fused-ring (bicyclic) bond motifs is 2. The van der Waals surface area contributed by atoms with Crippen molar-refractivity contribution >= 4 is 0 Å². The second kappa shape index (κ2) is 3.37. The van der Waals surface area contributed by atoms with E-state index in [9.17, 15) is 0 Å². The van der Waals surface area contributed by atoms with Crippen molar-refractivity contribution < 1.29 is 0 Å². The Bertz CT molecular complexity index is 388. The fraction of sp³-hybridized carbons (Fsp3) is 0.333. The molecular weight excluding hydrogens is 180 g/mol. The van der Waals surface area contributed by atoms with Gasteiger partial charge in [0, 0.05) is 0 Å².